The van der Waals surface area contributed by atoms with E-state index in [4.69, 9.17) is 14.5 Å². The highest BCUT2D eigenvalue weighted by atomic mass is 16.5. The predicted molar refractivity (Wildman–Crippen MR) is 110 cm³/mol. The molecule has 0 aromatic carbocycles. The van der Waals surface area contributed by atoms with Gasteiger partial charge in [-0.2, -0.15) is 0 Å². The lowest BCUT2D eigenvalue weighted by Crippen LogP contribution is -2.40. The first kappa shape index (κ1) is 19.8. The van der Waals surface area contributed by atoms with Crippen molar-refractivity contribution in [3.63, 3.8) is 0 Å². The fraction of sp³-hybridized carbons (Fsp3) is 0.500. The molecule has 1 unspecified atom stereocenters. The zero-order valence-electron chi connectivity index (χ0n) is 16.6. The van der Waals surface area contributed by atoms with Crippen LogP contribution >= 0.6 is 0 Å². The Balaban J connectivity index is 1.24. The molecule has 2 saturated heterocycles. The Kier molecular flexibility index (Phi) is 6.69. The van der Waals surface area contributed by atoms with E-state index in [1.54, 1.807) is 6.20 Å². The number of nitrogens with one attached hydrogen (secondary N) is 1. The fourth-order valence-electron chi connectivity index (χ4n) is 3.89. The summed E-state index contributed by atoms with van der Waals surface area (Å²) in [5, 5.41) is 3.24. The third-order valence-corrected chi connectivity index (χ3v) is 5.51. The molecule has 7 heteroatoms. The molecule has 0 aliphatic carbocycles. The number of aromatic nitrogens is 2. The van der Waals surface area contributed by atoms with Crippen LogP contribution in [0.25, 0.3) is 0 Å². The topological polar surface area (TPSA) is 76.6 Å². The van der Waals surface area contributed by atoms with Crippen molar-refractivity contribution >= 4 is 17.5 Å². The molecule has 2 aromatic heterocycles. The van der Waals surface area contributed by atoms with Crippen LogP contribution in [0, 0.1) is 0 Å². The smallest absolute Gasteiger partial charge is 0.248 e. The quantitative estimate of drug-likeness (QED) is 0.775. The highest BCUT2D eigenvalue weighted by Crippen LogP contribution is 2.28. The Hall–Kier alpha value is -2.51. The number of likely N-dealkylation sites (tertiary alicyclic amines) is 1. The van der Waals surface area contributed by atoms with Gasteiger partial charge < -0.3 is 19.7 Å². The maximum Gasteiger partial charge on any atom is 0.248 e. The number of anilines is 2. The number of carbonyl (C=O) groups is 1. The van der Waals surface area contributed by atoms with Crippen molar-refractivity contribution in [1.82, 2.24) is 14.9 Å². The van der Waals surface area contributed by atoms with Crippen LogP contribution in [0.4, 0.5) is 11.6 Å². The second-order valence-electron chi connectivity index (χ2n) is 7.59. The van der Waals surface area contributed by atoms with E-state index < -0.39 is 0 Å². The molecule has 0 saturated carbocycles. The van der Waals surface area contributed by atoms with Gasteiger partial charge in [0.2, 0.25) is 5.91 Å². The van der Waals surface area contributed by atoms with Crippen molar-refractivity contribution in [2.24, 2.45) is 0 Å². The van der Waals surface area contributed by atoms with E-state index in [1.165, 1.54) is 0 Å². The summed E-state index contributed by atoms with van der Waals surface area (Å²) in [5.74, 6) is 2.00. The molecule has 1 N–H and O–H groups in total. The van der Waals surface area contributed by atoms with Gasteiger partial charge >= 0.3 is 0 Å². The second-order valence-corrected chi connectivity index (χ2v) is 7.59. The molecule has 0 spiro atoms. The zero-order chi connectivity index (χ0) is 19.9. The van der Waals surface area contributed by atoms with Gasteiger partial charge in [-0.3, -0.25) is 4.79 Å². The van der Waals surface area contributed by atoms with E-state index in [9.17, 15) is 4.79 Å². The predicted octanol–water partition coefficient (Wildman–Crippen LogP) is 3.12. The van der Waals surface area contributed by atoms with E-state index in [0.29, 0.717) is 12.5 Å². The number of piperidine rings is 1. The van der Waals surface area contributed by atoms with Crippen LogP contribution in [0.1, 0.15) is 37.3 Å². The minimum absolute atomic E-state index is 0.0694. The van der Waals surface area contributed by atoms with E-state index in [0.717, 1.165) is 62.7 Å². The third kappa shape index (κ3) is 5.52. The van der Waals surface area contributed by atoms with E-state index in [1.807, 2.05) is 35.2 Å². The lowest BCUT2D eigenvalue weighted by molar-refractivity contribution is -0.138. The summed E-state index contributed by atoms with van der Waals surface area (Å²) in [6.45, 7) is 2.95. The van der Waals surface area contributed by atoms with Crippen LogP contribution in [0.5, 0.6) is 0 Å². The second kappa shape index (κ2) is 9.80. The number of amides is 1. The van der Waals surface area contributed by atoms with Gasteiger partial charge in [0.05, 0.1) is 12.7 Å². The van der Waals surface area contributed by atoms with Crippen LogP contribution in [-0.4, -0.2) is 59.8 Å². The average Bonchev–Trinajstić information content (AvgIpc) is 3.28. The molecule has 2 fully saturated rings. The van der Waals surface area contributed by atoms with Gasteiger partial charge in [0.1, 0.15) is 18.2 Å². The van der Waals surface area contributed by atoms with Crippen LogP contribution in [-0.2, 0) is 14.3 Å². The molecule has 4 rings (SSSR count). The summed E-state index contributed by atoms with van der Waals surface area (Å²) in [6.07, 6.45) is 5.85. The Bertz CT molecular complexity index is 788. The van der Waals surface area contributed by atoms with Gasteiger partial charge in [-0.1, -0.05) is 12.1 Å². The first-order chi connectivity index (χ1) is 14.3. The first-order valence-corrected chi connectivity index (χ1v) is 10.4. The fourth-order valence-corrected chi connectivity index (χ4v) is 3.89. The standard InChI is InChI=1S/C22H28N4O3/c27-22(16-28-15-18-5-4-14-29-18)26-12-9-17(10-13-26)19-6-3-8-21(24-19)25-20-7-1-2-11-23-20/h1-3,6-8,11,17-18H,4-5,9-10,12-16H2,(H,23,24,25). The molecule has 2 aliphatic rings. The van der Waals surface area contributed by atoms with Gasteiger partial charge in [0.25, 0.3) is 0 Å². The maximum atomic E-state index is 12.4. The minimum atomic E-state index is 0.0694. The highest BCUT2D eigenvalue weighted by Gasteiger charge is 2.25. The lowest BCUT2D eigenvalue weighted by atomic mass is 9.93. The van der Waals surface area contributed by atoms with Crippen molar-refractivity contribution in [3.05, 3.63) is 48.3 Å². The summed E-state index contributed by atoms with van der Waals surface area (Å²) in [6, 6.07) is 11.8. The number of carbonyl (C=O) groups excluding carboxylic acids is 1. The summed E-state index contributed by atoms with van der Waals surface area (Å²) >= 11 is 0. The Morgan fingerprint density at radius 2 is 2.00 bits per heavy atom. The zero-order valence-corrected chi connectivity index (χ0v) is 16.6. The van der Waals surface area contributed by atoms with Crippen LogP contribution in [0.3, 0.4) is 0 Å². The lowest BCUT2D eigenvalue weighted by Gasteiger charge is -2.32. The number of nitrogens with zero attached hydrogens (tertiary/aromatic N) is 3. The molecular weight excluding hydrogens is 368 g/mol. The molecular formula is C22H28N4O3. The van der Waals surface area contributed by atoms with Gasteiger partial charge in [-0.25, -0.2) is 9.97 Å². The Morgan fingerprint density at radius 1 is 1.14 bits per heavy atom. The molecule has 4 heterocycles. The summed E-state index contributed by atoms with van der Waals surface area (Å²) in [5.41, 5.74) is 1.06. The van der Waals surface area contributed by atoms with Crippen LogP contribution < -0.4 is 5.32 Å². The molecule has 154 valence electrons. The number of hydrogen-bond acceptors (Lipinski definition) is 6. The number of hydrogen-bond donors (Lipinski definition) is 1. The molecule has 7 nitrogen and oxygen atoms in total. The molecule has 1 atom stereocenters. The van der Waals surface area contributed by atoms with E-state index in [2.05, 4.69) is 16.4 Å². The largest absolute Gasteiger partial charge is 0.376 e. The van der Waals surface area contributed by atoms with Crippen molar-refractivity contribution in [2.75, 3.05) is 38.2 Å². The van der Waals surface area contributed by atoms with Gasteiger partial charge in [0.15, 0.2) is 0 Å². The first-order valence-electron chi connectivity index (χ1n) is 10.4. The maximum absolute atomic E-state index is 12.4. The molecule has 29 heavy (non-hydrogen) atoms. The van der Waals surface area contributed by atoms with Crippen molar-refractivity contribution in [1.29, 1.82) is 0 Å². The van der Waals surface area contributed by atoms with E-state index in [-0.39, 0.29) is 18.6 Å². The number of rotatable bonds is 7. The Morgan fingerprint density at radius 3 is 2.76 bits per heavy atom. The SMILES string of the molecule is O=C(COCC1CCCO1)N1CCC(c2cccc(Nc3ccccn3)n2)CC1. The minimum Gasteiger partial charge on any atom is -0.376 e. The summed E-state index contributed by atoms with van der Waals surface area (Å²) < 4.78 is 11.1. The highest BCUT2D eigenvalue weighted by molar-refractivity contribution is 5.77. The molecule has 0 bridgehead atoms. The molecule has 2 aromatic rings. The number of pyridine rings is 2. The third-order valence-electron chi connectivity index (χ3n) is 5.51. The van der Waals surface area contributed by atoms with Crippen LogP contribution in [0.15, 0.2) is 42.6 Å². The normalized spacial score (nSPS) is 20.0. The van der Waals surface area contributed by atoms with Gasteiger partial charge in [0, 0.05) is 37.5 Å². The van der Waals surface area contributed by atoms with E-state index >= 15 is 0 Å². The van der Waals surface area contributed by atoms with Crippen molar-refractivity contribution < 1.29 is 14.3 Å². The van der Waals surface area contributed by atoms with Crippen molar-refractivity contribution in [3.8, 4) is 0 Å². The van der Waals surface area contributed by atoms with Crippen LogP contribution in [0.2, 0.25) is 0 Å². The van der Waals surface area contributed by atoms with Gasteiger partial charge in [-0.15, -0.1) is 0 Å². The van der Waals surface area contributed by atoms with Gasteiger partial charge in [-0.05, 0) is 49.9 Å². The number of ether oxygens (including phenoxy) is 2. The Labute approximate surface area is 171 Å². The molecule has 0 radical (unpaired) electrons. The van der Waals surface area contributed by atoms with Crippen molar-refractivity contribution in [2.45, 2.75) is 37.7 Å². The average molecular weight is 396 g/mol. The molecule has 1 amide bonds. The molecule has 2 aliphatic heterocycles. The summed E-state index contributed by atoms with van der Waals surface area (Å²) in [7, 11) is 0. The summed E-state index contributed by atoms with van der Waals surface area (Å²) in [4.78, 5) is 23.3. The monoisotopic (exact) mass is 396 g/mol.